The van der Waals surface area contributed by atoms with Gasteiger partial charge in [0.25, 0.3) is 5.56 Å². The van der Waals surface area contributed by atoms with Crippen LogP contribution in [0.15, 0.2) is 46.8 Å². The maximum atomic E-state index is 12.9. The number of nitrogens with zero attached hydrogens (tertiary/aromatic N) is 3. The molecule has 1 fully saturated rings. The molecule has 1 aromatic carbocycles. The summed E-state index contributed by atoms with van der Waals surface area (Å²) in [7, 11) is 0. The van der Waals surface area contributed by atoms with Crippen molar-refractivity contribution in [2.24, 2.45) is 0 Å². The minimum atomic E-state index is -1.03. The molecule has 174 valence electrons. The summed E-state index contributed by atoms with van der Waals surface area (Å²) in [5.41, 5.74) is 1.12. The van der Waals surface area contributed by atoms with E-state index in [0.29, 0.717) is 48.1 Å². The minimum Gasteiger partial charge on any atom is -0.388 e. The lowest BCUT2D eigenvalue weighted by Gasteiger charge is -2.40. The van der Waals surface area contributed by atoms with Gasteiger partial charge >= 0.3 is 0 Å². The Morgan fingerprint density at radius 3 is 2.67 bits per heavy atom. The first-order chi connectivity index (χ1) is 15.9. The molecular weight excluding hydrogens is 438 g/mol. The summed E-state index contributed by atoms with van der Waals surface area (Å²) in [6, 6.07) is 10.1. The van der Waals surface area contributed by atoms with Gasteiger partial charge in [0.1, 0.15) is 23.1 Å². The second-order valence-corrected chi connectivity index (χ2v) is 9.63. The van der Waals surface area contributed by atoms with E-state index in [-0.39, 0.29) is 24.6 Å². The first-order valence-corrected chi connectivity index (χ1v) is 12.0. The summed E-state index contributed by atoms with van der Waals surface area (Å²) in [4.78, 5) is 19.3. The minimum absolute atomic E-state index is 0.161. The lowest BCUT2D eigenvalue weighted by atomic mass is 9.90. The van der Waals surface area contributed by atoms with Gasteiger partial charge in [-0.15, -0.1) is 11.3 Å². The van der Waals surface area contributed by atoms with Crippen LogP contribution in [0.2, 0.25) is 0 Å². The standard InChI is InChI=1S/C25H29N3O4S/c1-18(19-6-3-2-4-7-19)14-21(30)27-11-9-25(32,10-12-27)16-28-17-26-22-20(8-5-13-29)15-33-23(22)24(28)31/h2-4,6-7,15,17-18,21,29-30,32H,9-14,16H2,1H3/t18-,21?/m1/s1. The predicted molar refractivity (Wildman–Crippen MR) is 129 cm³/mol. The highest BCUT2D eigenvalue weighted by molar-refractivity contribution is 7.17. The van der Waals surface area contributed by atoms with Gasteiger partial charge in [0.15, 0.2) is 0 Å². The van der Waals surface area contributed by atoms with Gasteiger partial charge in [0, 0.05) is 18.5 Å². The molecule has 1 saturated heterocycles. The van der Waals surface area contributed by atoms with Gasteiger partial charge in [-0.2, -0.15) is 0 Å². The lowest BCUT2D eigenvalue weighted by Crippen LogP contribution is -2.51. The average molecular weight is 468 g/mol. The van der Waals surface area contributed by atoms with E-state index in [1.807, 2.05) is 23.1 Å². The van der Waals surface area contributed by atoms with Crippen molar-refractivity contribution in [1.29, 1.82) is 0 Å². The largest absolute Gasteiger partial charge is 0.388 e. The molecule has 2 aromatic heterocycles. The van der Waals surface area contributed by atoms with E-state index >= 15 is 0 Å². The van der Waals surface area contributed by atoms with Crippen LogP contribution in [0.4, 0.5) is 0 Å². The summed E-state index contributed by atoms with van der Waals surface area (Å²) in [5.74, 6) is 5.63. The van der Waals surface area contributed by atoms with Gasteiger partial charge in [-0.05, 0) is 30.7 Å². The number of rotatable bonds is 6. The highest BCUT2D eigenvalue weighted by Crippen LogP contribution is 2.28. The molecule has 1 aliphatic heterocycles. The van der Waals surface area contributed by atoms with Crippen molar-refractivity contribution in [2.75, 3.05) is 19.7 Å². The van der Waals surface area contributed by atoms with Gasteiger partial charge in [0.05, 0.1) is 24.0 Å². The van der Waals surface area contributed by atoms with Gasteiger partial charge in [0.2, 0.25) is 0 Å². The number of aliphatic hydroxyl groups excluding tert-OH is 2. The summed E-state index contributed by atoms with van der Waals surface area (Å²) >= 11 is 1.27. The average Bonchev–Trinajstić information content (AvgIpc) is 3.24. The first kappa shape index (κ1) is 23.6. The predicted octanol–water partition coefficient (Wildman–Crippen LogP) is 2.14. The lowest BCUT2D eigenvalue weighted by molar-refractivity contribution is -0.0841. The molecule has 4 rings (SSSR count). The summed E-state index contributed by atoms with van der Waals surface area (Å²) in [5, 5.41) is 32.6. The number of aromatic nitrogens is 2. The monoisotopic (exact) mass is 467 g/mol. The van der Waals surface area contributed by atoms with Crippen molar-refractivity contribution in [3.05, 3.63) is 63.5 Å². The van der Waals surface area contributed by atoms with Crippen molar-refractivity contribution in [3.63, 3.8) is 0 Å². The van der Waals surface area contributed by atoms with E-state index in [9.17, 15) is 15.0 Å². The molecule has 33 heavy (non-hydrogen) atoms. The van der Waals surface area contributed by atoms with E-state index in [2.05, 4.69) is 35.9 Å². The van der Waals surface area contributed by atoms with Crippen LogP contribution in [0.3, 0.4) is 0 Å². The smallest absolute Gasteiger partial charge is 0.271 e. The van der Waals surface area contributed by atoms with Crippen LogP contribution in [0.5, 0.6) is 0 Å². The molecule has 0 bridgehead atoms. The molecule has 0 saturated carbocycles. The Morgan fingerprint density at radius 2 is 1.97 bits per heavy atom. The number of fused-ring (bicyclic) bond motifs is 1. The van der Waals surface area contributed by atoms with E-state index in [1.54, 1.807) is 5.38 Å². The molecule has 7 nitrogen and oxygen atoms in total. The molecule has 8 heteroatoms. The second kappa shape index (κ2) is 10.2. The van der Waals surface area contributed by atoms with Crippen molar-refractivity contribution < 1.29 is 15.3 Å². The number of hydrogen-bond donors (Lipinski definition) is 3. The number of aliphatic hydroxyl groups is 3. The van der Waals surface area contributed by atoms with E-state index < -0.39 is 11.8 Å². The molecule has 3 heterocycles. The summed E-state index contributed by atoms with van der Waals surface area (Å²) < 4.78 is 1.96. The highest BCUT2D eigenvalue weighted by atomic mass is 32.1. The SMILES string of the molecule is C[C@H](CC(O)N1CCC(O)(Cn2cnc3c(C#CCO)csc3c2=O)CC1)c1ccccc1. The number of hydrogen-bond acceptors (Lipinski definition) is 7. The Labute approximate surface area is 197 Å². The molecule has 3 aromatic rings. The quantitative estimate of drug-likeness (QED) is 0.481. The molecule has 0 spiro atoms. The molecule has 0 amide bonds. The van der Waals surface area contributed by atoms with Crippen LogP contribution >= 0.6 is 11.3 Å². The van der Waals surface area contributed by atoms with E-state index in [0.717, 1.165) is 0 Å². The maximum absolute atomic E-state index is 12.9. The molecule has 0 radical (unpaired) electrons. The van der Waals surface area contributed by atoms with Gasteiger partial charge in [-0.1, -0.05) is 49.1 Å². The van der Waals surface area contributed by atoms with E-state index in [4.69, 9.17) is 5.11 Å². The molecule has 1 aliphatic rings. The number of likely N-dealkylation sites (tertiary alicyclic amines) is 1. The van der Waals surface area contributed by atoms with Crippen LogP contribution in [0, 0.1) is 11.8 Å². The molecular formula is C25H29N3O4S. The molecule has 3 N–H and O–H groups in total. The fraction of sp³-hybridized carbons (Fsp3) is 0.440. The molecule has 1 unspecified atom stereocenters. The first-order valence-electron chi connectivity index (χ1n) is 11.2. The van der Waals surface area contributed by atoms with Crippen LogP contribution in [0.25, 0.3) is 10.2 Å². The Bertz CT molecular complexity index is 1200. The maximum Gasteiger partial charge on any atom is 0.271 e. The zero-order valence-electron chi connectivity index (χ0n) is 18.6. The second-order valence-electron chi connectivity index (χ2n) is 8.75. The van der Waals surface area contributed by atoms with Crippen molar-refractivity contribution in [2.45, 2.75) is 50.5 Å². The third-order valence-corrected chi connectivity index (χ3v) is 7.35. The van der Waals surface area contributed by atoms with Gasteiger partial charge < -0.3 is 15.3 Å². The third kappa shape index (κ3) is 5.35. The van der Waals surface area contributed by atoms with Gasteiger partial charge in [-0.3, -0.25) is 14.3 Å². The van der Waals surface area contributed by atoms with Crippen molar-refractivity contribution >= 4 is 21.6 Å². The molecule has 0 aliphatic carbocycles. The van der Waals surface area contributed by atoms with Crippen molar-refractivity contribution in [3.8, 4) is 11.8 Å². The zero-order valence-corrected chi connectivity index (χ0v) is 19.5. The van der Waals surface area contributed by atoms with E-state index in [1.165, 1.54) is 27.8 Å². The summed E-state index contributed by atoms with van der Waals surface area (Å²) in [6.07, 6.45) is 2.44. The normalized spacial score (nSPS) is 17.9. The summed E-state index contributed by atoms with van der Waals surface area (Å²) in [6.45, 7) is 3.14. The fourth-order valence-corrected chi connectivity index (χ4v) is 5.27. The Balaban J connectivity index is 1.39. The Hall–Kier alpha value is -2.54. The van der Waals surface area contributed by atoms with Crippen LogP contribution in [-0.4, -0.2) is 61.3 Å². The third-order valence-electron chi connectivity index (χ3n) is 6.40. The highest BCUT2D eigenvalue weighted by Gasteiger charge is 2.35. The molecule has 2 atom stereocenters. The van der Waals surface area contributed by atoms with Crippen LogP contribution in [0.1, 0.15) is 43.2 Å². The van der Waals surface area contributed by atoms with Gasteiger partial charge in [-0.25, -0.2) is 4.98 Å². The Morgan fingerprint density at radius 1 is 1.24 bits per heavy atom. The van der Waals surface area contributed by atoms with Crippen LogP contribution in [-0.2, 0) is 6.54 Å². The van der Waals surface area contributed by atoms with Crippen LogP contribution < -0.4 is 5.56 Å². The zero-order chi connectivity index (χ0) is 23.4. The topological polar surface area (TPSA) is 98.8 Å². The van der Waals surface area contributed by atoms with Crippen molar-refractivity contribution in [1.82, 2.24) is 14.5 Å². The fourth-order valence-electron chi connectivity index (χ4n) is 4.37. The number of piperidine rings is 1. The number of benzene rings is 1. The Kier molecular flexibility index (Phi) is 7.27. The number of thiophene rings is 1.